The fourth-order valence-corrected chi connectivity index (χ4v) is 2.93. The molecule has 0 bridgehead atoms. The molecule has 0 saturated heterocycles. The summed E-state index contributed by atoms with van der Waals surface area (Å²) in [6.45, 7) is 6.27. The van der Waals surface area contributed by atoms with Crippen molar-refractivity contribution >= 4 is 11.3 Å². The molecular weight excluding hydrogens is 272 g/mol. The van der Waals surface area contributed by atoms with Crippen LogP contribution in [0.4, 0.5) is 0 Å². The standard InChI is InChI=1S/C15H18N2O2S/c1-10(16-8-13-9-17-11(2)20-13)12-3-4-14-15(7-12)19-6-5-18-14/h3-4,7,9-10,16H,5-6,8H2,1-2H3. The Kier molecular flexibility index (Phi) is 3.89. The molecule has 1 unspecified atom stereocenters. The summed E-state index contributed by atoms with van der Waals surface area (Å²) < 4.78 is 11.2. The van der Waals surface area contributed by atoms with Crippen molar-refractivity contribution in [3.63, 3.8) is 0 Å². The molecule has 0 aliphatic carbocycles. The fraction of sp³-hybridized carbons (Fsp3) is 0.400. The van der Waals surface area contributed by atoms with E-state index in [4.69, 9.17) is 9.47 Å². The van der Waals surface area contributed by atoms with E-state index in [0.717, 1.165) is 23.1 Å². The maximum Gasteiger partial charge on any atom is 0.161 e. The van der Waals surface area contributed by atoms with Gasteiger partial charge in [-0.25, -0.2) is 4.98 Å². The Bertz CT molecular complexity index is 597. The third kappa shape index (κ3) is 2.94. The zero-order valence-corrected chi connectivity index (χ0v) is 12.5. The minimum Gasteiger partial charge on any atom is -0.486 e. The quantitative estimate of drug-likeness (QED) is 0.940. The molecule has 1 aliphatic heterocycles. The maximum atomic E-state index is 5.62. The minimum absolute atomic E-state index is 0.258. The van der Waals surface area contributed by atoms with E-state index in [9.17, 15) is 0 Å². The Balaban J connectivity index is 1.66. The lowest BCUT2D eigenvalue weighted by molar-refractivity contribution is 0.171. The number of aromatic nitrogens is 1. The first-order chi connectivity index (χ1) is 9.72. The lowest BCUT2D eigenvalue weighted by Gasteiger charge is -2.21. The topological polar surface area (TPSA) is 43.4 Å². The van der Waals surface area contributed by atoms with Crippen molar-refractivity contribution in [3.8, 4) is 11.5 Å². The van der Waals surface area contributed by atoms with Crippen molar-refractivity contribution in [1.29, 1.82) is 0 Å². The second-order valence-corrected chi connectivity index (χ2v) is 6.17. The van der Waals surface area contributed by atoms with Crippen LogP contribution in [0.15, 0.2) is 24.4 Å². The largest absolute Gasteiger partial charge is 0.486 e. The van der Waals surface area contributed by atoms with Crippen LogP contribution in [0.5, 0.6) is 11.5 Å². The fourth-order valence-electron chi connectivity index (χ4n) is 2.19. The normalized spacial score (nSPS) is 15.1. The summed E-state index contributed by atoms with van der Waals surface area (Å²) in [5.74, 6) is 1.68. The molecule has 3 rings (SSSR count). The average molecular weight is 290 g/mol. The smallest absolute Gasteiger partial charge is 0.161 e. The highest BCUT2D eigenvalue weighted by molar-refractivity contribution is 7.11. The average Bonchev–Trinajstić information content (AvgIpc) is 2.90. The summed E-state index contributed by atoms with van der Waals surface area (Å²) in [5, 5.41) is 4.61. The Morgan fingerprint density at radius 3 is 2.85 bits per heavy atom. The SMILES string of the molecule is Cc1ncc(CNC(C)c2ccc3c(c2)OCCO3)s1. The second-order valence-electron chi connectivity index (χ2n) is 4.85. The summed E-state index contributed by atoms with van der Waals surface area (Å²) in [6, 6.07) is 6.39. The molecule has 0 radical (unpaired) electrons. The van der Waals surface area contributed by atoms with Crippen LogP contribution >= 0.6 is 11.3 Å². The molecule has 5 heteroatoms. The molecule has 20 heavy (non-hydrogen) atoms. The highest BCUT2D eigenvalue weighted by atomic mass is 32.1. The molecule has 4 nitrogen and oxygen atoms in total. The van der Waals surface area contributed by atoms with E-state index in [-0.39, 0.29) is 6.04 Å². The molecule has 1 aliphatic rings. The number of fused-ring (bicyclic) bond motifs is 1. The van der Waals surface area contributed by atoms with Gasteiger partial charge in [-0.2, -0.15) is 0 Å². The number of hydrogen-bond donors (Lipinski definition) is 1. The van der Waals surface area contributed by atoms with Crippen LogP contribution in [-0.2, 0) is 6.54 Å². The van der Waals surface area contributed by atoms with Gasteiger partial charge in [-0.1, -0.05) is 6.07 Å². The van der Waals surface area contributed by atoms with Crippen LogP contribution < -0.4 is 14.8 Å². The second kappa shape index (κ2) is 5.81. The Morgan fingerprint density at radius 1 is 1.30 bits per heavy atom. The highest BCUT2D eigenvalue weighted by Gasteiger charge is 2.14. The van der Waals surface area contributed by atoms with Gasteiger partial charge in [-0.3, -0.25) is 0 Å². The van der Waals surface area contributed by atoms with Crippen molar-refractivity contribution in [2.45, 2.75) is 26.4 Å². The summed E-state index contributed by atoms with van der Waals surface area (Å²) in [5.41, 5.74) is 1.20. The van der Waals surface area contributed by atoms with Gasteiger partial charge in [-0.15, -0.1) is 11.3 Å². The third-order valence-electron chi connectivity index (χ3n) is 3.32. The number of nitrogens with zero attached hydrogens (tertiary/aromatic N) is 1. The van der Waals surface area contributed by atoms with Gasteiger partial charge in [0, 0.05) is 23.7 Å². The van der Waals surface area contributed by atoms with E-state index in [1.54, 1.807) is 11.3 Å². The van der Waals surface area contributed by atoms with Crippen molar-refractivity contribution < 1.29 is 9.47 Å². The number of ether oxygens (including phenoxy) is 2. The van der Waals surface area contributed by atoms with Gasteiger partial charge in [0.2, 0.25) is 0 Å². The summed E-state index contributed by atoms with van der Waals surface area (Å²) in [7, 11) is 0. The molecule has 0 saturated carbocycles. The van der Waals surface area contributed by atoms with E-state index in [1.165, 1.54) is 10.4 Å². The van der Waals surface area contributed by atoms with Crippen LogP contribution in [0, 0.1) is 6.92 Å². The number of benzene rings is 1. The number of rotatable bonds is 4. The van der Waals surface area contributed by atoms with Gasteiger partial charge in [-0.05, 0) is 31.5 Å². The molecule has 0 fully saturated rings. The Hall–Kier alpha value is -1.59. The van der Waals surface area contributed by atoms with Gasteiger partial charge in [0.05, 0.1) is 5.01 Å². The lowest BCUT2D eigenvalue weighted by Crippen LogP contribution is -2.19. The monoisotopic (exact) mass is 290 g/mol. The number of nitrogens with one attached hydrogen (secondary N) is 1. The first-order valence-corrected chi connectivity index (χ1v) is 7.58. The van der Waals surface area contributed by atoms with Gasteiger partial charge >= 0.3 is 0 Å². The zero-order chi connectivity index (χ0) is 13.9. The van der Waals surface area contributed by atoms with Crippen molar-refractivity contribution in [3.05, 3.63) is 39.8 Å². The van der Waals surface area contributed by atoms with Crippen LogP contribution in [-0.4, -0.2) is 18.2 Å². The molecule has 0 spiro atoms. The molecule has 1 N–H and O–H groups in total. The van der Waals surface area contributed by atoms with Crippen LogP contribution in [0.3, 0.4) is 0 Å². The molecule has 0 amide bonds. The van der Waals surface area contributed by atoms with E-state index < -0.39 is 0 Å². The van der Waals surface area contributed by atoms with Gasteiger partial charge in [0.1, 0.15) is 13.2 Å². The van der Waals surface area contributed by atoms with Crippen LogP contribution in [0.1, 0.15) is 28.4 Å². The van der Waals surface area contributed by atoms with Crippen LogP contribution in [0.2, 0.25) is 0 Å². The van der Waals surface area contributed by atoms with Crippen LogP contribution in [0.25, 0.3) is 0 Å². The molecule has 1 aromatic carbocycles. The van der Waals surface area contributed by atoms with E-state index in [1.807, 2.05) is 19.2 Å². The highest BCUT2D eigenvalue weighted by Crippen LogP contribution is 2.32. The van der Waals surface area contributed by atoms with Crippen molar-refractivity contribution in [2.24, 2.45) is 0 Å². The maximum absolute atomic E-state index is 5.62. The van der Waals surface area contributed by atoms with Gasteiger partial charge in [0.15, 0.2) is 11.5 Å². The Morgan fingerprint density at radius 2 is 2.10 bits per heavy atom. The molecular formula is C15H18N2O2S. The molecule has 1 aromatic heterocycles. The molecule has 1 atom stereocenters. The lowest BCUT2D eigenvalue weighted by atomic mass is 10.1. The van der Waals surface area contributed by atoms with E-state index in [2.05, 4.69) is 29.4 Å². The molecule has 2 aromatic rings. The number of hydrogen-bond acceptors (Lipinski definition) is 5. The summed E-state index contributed by atoms with van der Waals surface area (Å²) in [6.07, 6.45) is 1.93. The Labute approximate surface area is 122 Å². The number of aryl methyl sites for hydroxylation is 1. The first kappa shape index (κ1) is 13.4. The van der Waals surface area contributed by atoms with Crippen molar-refractivity contribution in [1.82, 2.24) is 10.3 Å². The minimum atomic E-state index is 0.258. The third-order valence-corrected chi connectivity index (χ3v) is 4.23. The first-order valence-electron chi connectivity index (χ1n) is 6.76. The summed E-state index contributed by atoms with van der Waals surface area (Å²) in [4.78, 5) is 5.52. The number of thiazole rings is 1. The molecule has 2 heterocycles. The van der Waals surface area contributed by atoms with Crippen molar-refractivity contribution in [2.75, 3.05) is 13.2 Å². The predicted octanol–water partition coefficient (Wildman–Crippen LogP) is 3.07. The van der Waals surface area contributed by atoms with E-state index >= 15 is 0 Å². The summed E-state index contributed by atoms with van der Waals surface area (Å²) >= 11 is 1.73. The van der Waals surface area contributed by atoms with Gasteiger partial charge < -0.3 is 14.8 Å². The van der Waals surface area contributed by atoms with Gasteiger partial charge in [0.25, 0.3) is 0 Å². The zero-order valence-electron chi connectivity index (χ0n) is 11.7. The predicted molar refractivity (Wildman–Crippen MR) is 79.5 cm³/mol. The molecule has 106 valence electrons. The van der Waals surface area contributed by atoms with E-state index in [0.29, 0.717) is 13.2 Å².